The number of hydrogen-bond donors (Lipinski definition) is 6. The smallest absolute Gasteiger partial charge is 0.312 e. The van der Waals surface area contributed by atoms with Gasteiger partial charge in [-0.05, 0) is 46.6 Å². The van der Waals surface area contributed by atoms with Gasteiger partial charge in [-0.3, -0.25) is 14.4 Å². The Bertz CT molecular complexity index is 2170. The van der Waals surface area contributed by atoms with E-state index in [9.17, 15) is 39.9 Å². The van der Waals surface area contributed by atoms with Crippen LogP contribution in [0, 0.1) is 30.6 Å². The average molecular weight is 879 g/mol. The molecule has 0 saturated heterocycles. The Kier molecular flexibility index (Phi) is 16.6. The zero-order chi connectivity index (χ0) is 47.2. The van der Waals surface area contributed by atoms with Crippen molar-refractivity contribution >= 4 is 46.7 Å². The largest absolute Gasteiger partial charge is 0.507 e. The van der Waals surface area contributed by atoms with Gasteiger partial charge in [0.15, 0.2) is 5.75 Å². The van der Waals surface area contributed by atoms with Gasteiger partial charge in [0.1, 0.15) is 29.7 Å². The van der Waals surface area contributed by atoms with Gasteiger partial charge < -0.3 is 54.7 Å². The van der Waals surface area contributed by atoms with Crippen molar-refractivity contribution in [1.29, 1.82) is 0 Å². The summed E-state index contributed by atoms with van der Waals surface area (Å²) in [6.45, 7) is 20.7. The second-order valence-corrected chi connectivity index (χ2v) is 17.1. The van der Waals surface area contributed by atoms with Crippen LogP contribution in [0.3, 0.4) is 0 Å². The van der Waals surface area contributed by atoms with Crippen molar-refractivity contribution in [3.63, 3.8) is 0 Å². The number of amides is 1. The molecule has 346 valence electrons. The first-order valence-corrected chi connectivity index (χ1v) is 21.5. The topological polar surface area (TPSA) is 229 Å². The normalized spacial score (nSPS) is 30.1. The van der Waals surface area contributed by atoms with E-state index >= 15 is 0 Å². The van der Waals surface area contributed by atoms with Crippen LogP contribution in [0.1, 0.15) is 110 Å². The first-order valence-electron chi connectivity index (χ1n) is 21.5. The molecule has 16 nitrogen and oxygen atoms in total. The minimum absolute atomic E-state index is 0.0350. The molecule has 11 atom stereocenters. The molecule has 2 aromatic rings. The quantitative estimate of drug-likeness (QED) is 0.0372. The summed E-state index contributed by atoms with van der Waals surface area (Å²) in [5.74, 6) is -8.65. The summed E-state index contributed by atoms with van der Waals surface area (Å²) in [4.78, 5) is 42.7. The molecular formula is C47H66N4O12. The Hall–Kier alpha value is -5.45. The van der Waals surface area contributed by atoms with Crippen LogP contribution < -0.4 is 10.1 Å². The summed E-state index contributed by atoms with van der Waals surface area (Å²) >= 11 is 0. The molecule has 63 heavy (non-hydrogen) atoms. The summed E-state index contributed by atoms with van der Waals surface area (Å²) in [6.07, 6.45) is 7.85. The number of allylic oxidation sites excluding steroid dienone is 2. The lowest BCUT2D eigenvalue weighted by Crippen LogP contribution is -2.46. The number of phenolic OH excluding ortho intramolecular Hbond substituents is 3. The highest BCUT2D eigenvalue weighted by molar-refractivity contribution is 6.23. The zero-order valence-electron chi connectivity index (χ0n) is 38.7. The van der Waals surface area contributed by atoms with Gasteiger partial charge in [-0.2, -0.15) is 5.10 Å². The molecule has 0 aliphatic carbocycles. The molecule has 0 spiro atoms. The molecule has 3 aliphatic rings. The molecule has 1 amide bonds. The molecule has 2 aromatic carbocycles. The van der Waals surface area contributed by atoms with E-state index in [1.54, 1.807) is 46.2 Å². The van der Waals surface area contributed by atoms with Gasteiger partial charge in [0, 0.05) is 73.2 Å². The molecule has 3 aliphatic heterocycles. The number of nitrogens with one attached hydrogen (secondary N) is 1. The standard InChI is InChI=1S/C47H66N4O12/c1-14-25(5)51(26(6)15-2)22-49-48-21-32-37-42(57)35-34(41(32)56)36-44(30(10)40(35)55)63-47(12,45(36)58)61-20-19-33(60-13)27(7)43(62-31(11)52)29(9)39(54)28(8)38(53)23(3)17-16-18-24(4)46(59)50-37/h16-23,25-29,33,38-39,43,53-57H,14-15H2,1-13H3,(H,50,59)/b17-16+,20-19+,24-18-,48-21+,49-22+/t23-,25?,26?,27+,28+,29+,33-,38-,39+,43+,47-/m0/s1. The highest BCUT2D eigenvalue weighted by Crippen LogP contribution is 2.55. The molecule has 0 aromatic heterocycles. The zero-order valence-corrected chi connectivity index (χ0v) is 38.7. The number of esters is 1. The summed E-state index contributed by atoms with van der Waals surface area (Å²) in [7, 11) is 1.43. The van der Waals surface area contributed by atoms with Gasteiger partial charge in [0.25, 0.3) is 11.7 Å². The van der Waals surface area contributed by atoms with Gasteiger partial charge in [0.2, 0.25) is 0 Å². The number of nitrogens with zero attached hydrogens (tertiary/aromatic N) is 3. The van der Waals surface area contributed by atoms with Gasteiger partial charge in [-0.25, -0.2) is 0 Å². The number of phenols is 3. The van der Waals surface area contributed by atoms with Gasteiger partial charge in [-0.15, -0.1) is 5.10 Å². The van der Waals surface area contributed by atoms with E-state index in [1.165, 1.54) is 53.2 Å². The minimum atomic E-state index is -2.07. The van der Waals surface area contributed by atoms with Crippen LogP contribution >= 0.6 is 0 Å². The summed E-state index contributed by atoms with van der Waals surface area (Å²) < 4.78 is 23.6. The third-order valence-corrected chi connectivity index (χ3v) is 12.7. The van der Waals surface area contributed by atoms with E-state index < -0.39 is 88.8 Å². The van der Waals surface area contributed by atoms with Crippen LogP contribution in [0.5, 0.6) is 23.0 Å². The number of rotatable bonds is 9. The lowest BCUT2D eigenvalue weighted by molar-refractivity contribution is -0.160. The number of Topliss-reactive ketones (excluding diaryl/α,β-unsaturated/α-hetero) is 1. The second kappa shape index (κ2) is 20.8. The third-order valence-electron chi connectivity index (χ3n) is 12.7. The Labute approximate surface area is 370 Å². The lowest BCUT2D eigenvalue weighted by Gasteiger charge is -2.38. The number of carbonyl (C=O) groups excluding carboxylic acids is 3. The number of methoxy groups -OCH3 is 1. The Morgan fingerprint density at radius 2 is 1.57 bits per heavy atom. The Balaban J connectivity index is 1.99. The van der Waals surface area contributed by atoms with Crippen molar-refractivity contribution in [2.24, 2.45) is 33.9 Å². The number of ketones is 1. The van der Waals surface area contributed by atoms with Gasteiger partial charge in [0.05, 0.1) is 53.0 Å². The third kappa shape index (κ3) is 10.3. The van der Waals surface area contributed by atoms with Crippen LogP contribution in [-0.2, 0) is 23.8 Å². The van der Waals surface area contributed by atoms with Crippen molar-refractivity contribution in [3.8, 4) is 23.0 Å². The summed E-state index contributed by atoms with van der Waals surface area (Å²) in [6, 6.07) is 0.259. The van der Waals surface area contributed by atoms with Crippen molar-refractivity contribution in [3.05, 3.63) is 52.8 Å². The van der Waals surface area contributed by atoms with E-state index in [-0.39, 0.29) is 56.6 Å². The number of fused-ring (bicyclic) bond motifs is 14. The van der Waals surface area contributed by atoms with Crippen molar-refractivity contribution in [2.45, 2.75) is 138 Å². The molecule has 0 saturated carbocycles. The van der Waals surface area contributed by atoms with Gasteiger partial charge in [-0.1, -0.05) is 59.8 Å². The molecule has 5 bridgehead atoms. The van der Waals surface area contributed by atoms with Crippen molar-refractivity contribution < 1.29 is 58.9 Å². The molecule has 3 heterocycles. The maximum atomic E-state index is 14.5. The second-order valence-electron chi connectivity index (χ2n) is 17.1. The first-order chi connectivity index (χ1) is 29.6. The average Bonchev–Trinajstić information content (AvgIpc) is 3.52. The molecule has 16 heteroatoms. The van der Waals surface area contributed by atoms with Crippen LogP contribution in [0.4, 0.5) is 5.69 Å². The monoisotopic (exact) mass is 878 g/mol. The minimum Gasteiger partial charge on any atom is -0.507 e. The van der Waals surface area contributed by atoms with E-state index in [0.717, 1.165) is 19.1 Å². The molecule has 6 N–H and O–H groups in total. The Morgan fingerprint density at radius 3 is 2.16 bits per heavy atom. The molecular weight excluding hydrogens is 813 g/mol. The number of benzene rings is 2. The van der Waals surface area contributed by atoms with Crippen LogP contribution in [-0.4, -0.2) is 110 Å². The Morgan fingerprint density at radius 1 is 0.937 bits per heavy atom. The number of aromatic hydroxyl groups is 3. The predicted molar refractivity (Wildman–Crippen MR) is 241 cm³/mol. The van der Waals surface area contributed by atoms with Crippen molar-refractivity contribution in [2.75, 3.05) is 12.4 Å². The maximum absolute atomic E-state index is 14.5. The molecule has 0 radical (unpaired) electrons. The van der Waals surface area contributed by atoms with E-state index in [2.05, 4.69) is 43.2 Å². The fraction of sp³-hybridized carbons (Fsp3) is 0.553. The number of anilines is 1. The molecule has 5 rings (SSSR count). The van der Waals surface area contributed by atoms with Crippen LogP contribution in [0.15, 0.2) is 46.3 Å². The van der Waals surface area contributed by atoms with E-state index in [4.69, 9.17) is 18.9 Å². The maximum Gasteiger partial charge on any atom is 0.312 e. The number of aliphatic hydroxyl groups is 2. The fourth-order valence-corrected chi connectivity index (χ4v) is 8.14. The number of carbonyl (C=O) groups is 3. The highest BCUT2D eigenvalue weighted by atomic mass is 16.7. The molecule has 0 fully saturated rings. The predicted octanol–water partition coefficient (Wildman–Crippen LogP) is 7.02. The first kappa shape index (κ1) is 50.2. The SMILES string of the molecule is CCC(C)N(/C=N/N=C/c1c2c(O)c3c(O)c(C)c4c(c3c1O)C(=O)[C@@](C)(O/C=C/[C@H](OC)[C@@H](C)[C@@H](OC(C)=O)[C@H](C)[C@H](O)[C@H](C)[C@@H](O)[C@@H](C)/C=C/C=C(/C)C(=O)N2)O4)C(C)CC. The number of ether oxygens (including phenoxy) is 4. The highest BCUT2D eigenvalue weighted by Gasteiger charge is 2.50. The number of hydrogen-bond acceptors (Lipinski definition) is 14. The van der Waals surface area contributed by atoms with E-state index in [0.29, 0.717) is 0 Å². The summed E-state index contributed by atoms with van der Waals surface area (Å²) in [5, 5.41) is 69.1. The fourth-order valence-electron chi connectivity index (χ4n) is 8.14. The van der Waals surface area contributed by atoms with Crippen LogP contribution in [0.2, 0.25) is 0 Å². The van der Waals surface area contributed by atoms with Crippen molar-refractivity contribution in [1.82, 2.24) is 4.90 Å². The summed E-state index contributed by atoms with van der Waals surface area (Å²) in [5.41, 5.74) is -0.590. The molecule has 2 unspecified atom stereocenters. The number of aliphatic hydroxyl groups excluding tert-OH is 2. The van der Waals surface area contributed by atoms with E-state index in [1.807, 2.05) is 4.90 Å². The van der Waals surface area contributed by atoms with Crippen LogP contribution in [0.25, 0.3) is 10.8 Å². The van der Waals surface area contributed by atoms with Gasteiger partial charge >= 0.3 is 11.8 Å². The lowest BCUT2D eigenvalue weighted by atomic mass is 9.78.